The summed E-state index contributed by atoms with van der Waals surface area (Å²) >= 11 is 0. The molecule has 0 atom stereocenters. The van der Waals surface area contributed by atoms with Gasteiger partial charge in [0.25, 0.3) is 0 Å². The molecule has 0 aliphatic heterocycles. The second-order valence-electron chi connectivity index (χ2n) is 2.54. The van der Waals surface area contributed by atoms with Crippen molar-refractivity contribution >= 4 is 10.9 Å². The van der Waals surface area contributed by atoms with Crippen LogP contribution in [0, 0.1) is 6.07 Å². The molecule has 2 nitrogen and oxygen atoms in total. The largest absolute Gasteiger partial charge is 0.435 e. The van der Waals surface area contributed by atoms with Gasteiger partial charge in [-0.25, -0.2) is 0 Å². The van der Waals surface area contributed by atoms with Gasteiger partial charge in [-0.15, -0.1) is 0 Å². The highest BCUT2D eigenvalue weighted by atomic mass is 19.4. The van der Waals surface area contributed by atoms with E-state index in [0.717, 1.165) is 0 Å². The molecule has 1 aromatic heterocycles. The predicted molar refractivity (Wildman–Crippen MR) is 39.9 cm³/mol. The minimum atomic E-state index is -4.41. The van der Waals surface area contributed by atoms with Crippen molar-refractivity contribution in [1.29, 1.82) is 0 Å². The fourth-order valence-corrected chi connectivity index (χ4v) is 1.12. The Morgan fingerprint density at radius 3 is 2.85 bits per heavy atom. The highest BCUT2D eigenvalue weighted by molar-refractivity contribution is 5.81. The van der Waals surface area contributed by atoms with Crippen molar-refractivity contribution < 1.29 is 13.2 Å². The normalized spacial score (nSPS) is 12.2. The molecule has 5 heteroatoms. The molecular weight excluding hydrogens is 181 g/mol. The molecule has 0 amide bonds. The lowest BCUT2D eigenvalue weighted by Gasteiger charge is -2.00. The molecule has 0 bridgehead atoms. The van der Waals surface area contributed by atoms with E-state index in [1.807, 2.05) is 0 Å². The Labute approximate surface area is 71.4 Å². The van der Waals surface area contributed by atoms with Gasteiger partial charge in [0.2, 0.25) is 0 Å². The van der Waals surface area contributed by atoms with Crippen LogP contribution in [0.4, 0.5) is 13.2 Å². The zero-order chi connectivity index (χ0) is 9.47. The summed E-state index contributed by atoms with van der Waals surface area (Å²) in [6.07, 6.45) is -4.41. The van der Waals surface area contributed by atoms with Crippen LogP contribution in [0.5, 0.6) is 0 Å². The number of fused-ring (bicyclic) bond motifs is 1. The van der Waals surface area contributed by atoms with Crippen LogP contribution < -0.4 is 0 Å². The van der Waals surface area contributed by atoms with Crippen LogP contribution in [-0.4, -0.2) is 10.2 Å². The van der Waals surface area contributed by atoms with Crippen molar-refractivity contribution in [2.75, 3.05) is 0 Å². The fraction of sp³-hybridized carbons (Fsp3) is 0.125. The first-order chi connectivity index (χ1) is 6.09. The zero-order valence-corrected chi connectivity index (χ0v) is 6.31. The Morgan fingerprint density at radius 2 is 2.15 bits per heavy atom. The van der Waals surface area contributed by atoms with Gasteiger partial charge in [0.05, 0.1) is 5.52 Å². The molecular formula is C8H4F3N2. The number of halogens is 3. The molecule has 0 unspecified atom stereocenters. The zero-order valence-electron chi connectivity index (χ0n) is 6.31. The first kappa shape index (κ1) is 8.10. The van der Waals surface area contributed by atoms with E-state index in [2.05, 4.69) is 16.3 Å². The molecule has 1 radical (unpaired) electrons. The lowest BCUT2D eigenvalue weighted by Crippen LogP contribution is -2.05. The average molecular weight is 185 g/mol. The summed E-state index contributed by atoms with van der Waals surface area (Å²) in [6.45, 7) is 0. The van der Waals surface area contributed by atoms with Crippen LogP contribution in [0.1, 0.15) is 5.69 Å². The van der Waals surface area contributed by atoms with Gasteiger partial charge in [-0.3, -0.25) is 5.10 Å². The van der Waals surface area contributed by atoms with Crippen LogP contribution in [-0.2, 0) is 6.18 Å². The average Bonchev–Trinajstić information content (AvgIpc) is 2.45. The third-order valence-electron chi connectivity index (χ3n) is 1.68. The van der Waals surface area contributed by atoms with E-state index in [0.29, 0.717) is 5.52 Å². The molecule has 1 N–H and O–H groups in total. The van der Waals surface area contributed by atoms with Crippen molar-refractivity contribution in [3.05, 3.63) is 30.0 Å². The third kappa shape index (κ3) is 1.26. The first-order valence-corrected chi connectivity index (χ1v) is 3.50. The third-order valence-corrected chi connectivity index (χ3v) is 1.68. The molecule has 67 valence electrons. The van der Waals surface area contributed by atoms with Crippen molar-refractivity contribution in [3.8, 4) is 0 Å². The molecule has 1 aromatic carbocycles. The quantitative estimate of drug-likeness (QED) is 0.670. The summed E-state index contributed by atoms with van der Waals surface area (Å²) in [5.41, 5.74) is -0.523. The van der Waals surface area contributed by atoms with E-state index in [1.165, 1.54) is 18.2 Å². The maximum atomic E-state index is 12.3. The first-order valence-electron chi connectivity index (χ1n) is 3.50. The lowest BCUT2D eigenvalue weighted by atomic mass is 10.2. The smallest absolute Gasteiger partial charge is 0.277 e. The number of aromatic nitrogens is 2. The maximum absolute atomic E-state index is 12.3. The Bertz CT molecular complexity index is 430. The second-order valence-corrected chi connectivity index (χ2v) is 2.54. The minimum absolute atomic E-state index is 0.0509. The summed E-state index contributed by atoms with van der Waals surface area (Å²) in [6, 6.07) is 6.87. The number of alkyl halides is 3. The summed E-state index contributed by atoms with van der Waals surface area (Å²) in [5, 5.41) is 5.55. The van der Waals surface area contributed by atoms with Crippen molar-refractivity contribution in [1.82, 2.24) is 10.2 Å². The van der Waals surface area contributed by atoms with E-state index >= 15 is 0 Å². The van der Waals surface area contributed by atoms with Gasteiger partial charge in [-0.2, -0.15) is 18.3 Å². The van der Waals surface area contributed by atoms with E-state index in [9.17, 15) is 13.2 Å². The van der Waals surface area contributed by atoms with Gasteiger partial charge in [-0.05, 0) is 18.2 Å². The van der Waals surface area contributed by atoms with Crippen LogP contribution >= 0.6 is 0 Å². The number of aromatic amines is 1. The van der Waals surface area contributed by atoms with Gasteiger partial charge in [0.15, 0.2) is 5.69 Å². The van der Waals surface area contributed by atoms with Gasteiger partial charge < -0.3 is 0 Å². The van der Waals surface area contributed by atoms with Gasteiger partial charge in [-0.1, -0.05) is 6.07 Å². The molecule has 0 spiro atoms. The predicted octanol–water partition coefficient (Wildman–Crippen LogP) is 2.38. The molecule has 0 fully saturated rings. The molecule has 2 rings (SSSR count). The number of H-pyrrole nitrogens is 1. The fourth-order valence-electron chi connectivity index (χ4n) is 1.12. The highest BCUT2D eigenvalue weighted by Crippen LogP contribution is 2.32. The molecule has 0 aliphatic rings. The van der Waals surface area contributed by atoms with E-state index < -0.39 is 11.9 Å². The SMILES string of the molecule is FC(F)(F)c1n[nH]c2cc[c]cc12. The monoisotopic (exact) mass is 185 g/mol. The second kappa shape index (κ2) is 2.48. The van der Waals surface area contributed by atoms with Crippen LogP contribution in [0.3, 0.4) is 0 Å². The Kier molecular flexibility index (Phi) is 1.55. The number of hydrogen-bond donors (Lipinski definition) is 1. The highest BCUT2D eigenvalue weighted by Gasteiger charge is 2.35. The Morgan fingerprint density at radius 1 is 1.38 bits per heavy atom. The Balaban J connectivity index is 2.72. The minimum Gasteiger partial charge on any atom is -0.277 e. The summed E-state index contributed by atoms with van der Waals surface area (Å²) in [5.74, 6) is 0. The maximum Gasteiger partial charge on any atom is 0.435 e. The van der Waals surface area contributed by atoms with Crippen molar-refractivity contribution in [2.24, 2.45) is 0 Å². The summed E-state index contributed by atoms with van der Waals surface area (Å²) < 4.78 is 36.8. The lowest BCUT2D eigenvalue weighted by molar-refractivity contribution is -0.139. The van der Waals surface area contributed by atoms with Gasteiger partial charge >= 0.3 is 6.18 Å². The summed E-state index contributed by atoms with van der Waals surface area (Å²) in [4.78, 5) is 0. The van der Waals surface area contributed by atoms with Gasteiger partial charge in [0, 0.05) is 5.39 Å². The van der Waals surface area contributed by atoms with E-state index in [-0.39, 0.29) is 5.39 Å². The van der Waals surface area contributed by atoms with Crippen LogP contribution in [0.25, 0.3) is 10.9 Å². The van der Waals surface area contributed by atoms with E-state index in [1.54, 1.807) is 0 Å². The number of hydrogen-bond acceptors (Lipinski definition) is 1. The topological polar surface area (TPSA) is 28.7 Å². The molecule has 1 heterocycles. The Hall–Kier alpha value is -1.52. The number of benzene rings is 1. The molecule has 13 heavy (non-hydrogen) atoms. The molecule has 0 saturated carbocycles. The molecule has 0 aliphatic carbocycles. The van der Waals surface area contributed by atoms with Crippen LogP contribution in [0.15, 0.2) is 18.2 Å². The van der Waals surface area contributed by atoms with Crippen molar-refractivity contribution in [3.63, 3.8) is 0 Å². The summed E-state index contributed by atoms with van der Waals surface area (Å²) in [7, 11) is 0. The van der Waals surface area contributed by atoms with Crippen molar-refractivity contribution in [2.45, 2.75) is 6.18 Å². The van der Waals surface area contributed by atoms with E-state index in [4.69, 9.17) is 0 Å². The number of rotatable bonds is 0. The van der Waals surface area contributed by atoms with Gasteiger partial charge in [0.1, 0.15) is 0 Å². The molecule has 0 saturated heterocycles. The molecule has 2 aromatic rings. The standard InChI is InChI=1S/C8H4F3N2/c9-8(10,11)7-5-3-1-2-4-6(5)12-13-7/h2-4H,(H,12,13). The van der Waals surface area contributed by atoms with Crippen LogP contribution in [0.2, 0.25) is 0 Å². The number of nitrogens with one attached hydrogen (secondary N) is 1. The number of nitrogens with zero attached hydrogens (tertiary/aromatic N) is 1.